The van der Waals surface area contributed by atoms with E-state index in [1.807, 2.05) is 6.92 Å². The van der Waals surface area contributed by atoms with E-state index >= 15 is 0 Å². The molecule has 0 spiro atoms. The molecule has 1 fully saturated rings. The molecule has 1 aromatic heterocycles. The third-order valence-corrected chi connectivity index (χ3v) is 4.24. The summed E-state index contributed by atoms with van der Waals surface area (Å²) in [5.41, 5.74) is -0.121. The Labute approximate surface area is 113 Å². The molecule has 1 aliphatic rings. The van der Waals surface area contributed by atoms with Gasteiger partial charge in [0.2, 0.25) is 5.88 Å². The van der Waals surface area contributed by atoms with Crippen molar-refractivity contribution < 1.29 is 13.2 Å². The molecule has 0 amide bonds. The summed E-state index contributed by atoms with van der Waals surface area (Å²) < 4.78 is 28.0. The van der Waals surface area contributed by atoms with Crippen LogP contribution in [0.3, 0.4) is 0 Å². The maximum absolute atomic E-state index is 11.4. The van der Waals surface area contributed by atoms with Crippen molar-refractivity contribution in [3.05, 3.63) is 12.4 Å². The molecule has 1 aromatic rings. The Hall–Kier alpha value is -1.37. The first-order chi connectivity index (χ1) is 8.92. The highest BCUT2D eigenvalue weighted by molar-refractivity contribution is 7.90. The van der Waals surface area contributed by atoms with Crippen LogP contribution in [0.4, 0.5) is 5.82 Å². The van der Waals surface area contributed by atoms with E-state index in [4.69, 9.17) is 4.74 Å². The first-order valence-electron chi connectivity index (χ1n) is 6.29. The van der Waals surface area contributed by atoms with Crippen molar-refractivity contribution in [2.45, 2.75) is 19.8 Å². The first kappa shape index (κ1) is 14.0. The fourth-order valence-electron chi connectivity index (χ4n) is 2.05. The van der Waals surface area contributed by atoms with Gasteiger partial charge in [0.15, 0.2) is 0 Å². The molecule has 106 valence electrons. The summed E-state index contributed by atoms with van der Waals surface area (Å²) in [7, 11) is -2.94. The third kappa shape index (κ3) is 4.34. The van der Waals surface area contributed by atoms with E-state index in [1.165, 1.54) is 12.6 Å². The van der Waals surface area contributed by atoms with Gasteiger partial charge < -0.3 is 10.1 Å². The quantitative estimate of drug-likeness (QED) is 0.808. The van der Waals surface area contributed by atoms with Gasteiger partial charge >= 0.3 is 0 Å². The van der Waals surface area contributed by atoms with Gasteiger partial charge in [0, 0.05) is 24.3 Å². The average molecular weight is 285 g/mol. The number of hydrogen-bond acceptors (Lipinski definition) is 6. The molecule has 0 atom stereocenters. The van der Waals surface area contributed by atoms with Crippen molar-refractivity contribution in [3.8, 4) is 5.88 Å². The van der Waals surface area contributed by atoms with Crippen LogP contribution < -0.4 is 10.1 Å². The summed E-state index contributed by atoms with van der Waals surface area (Å²) in [6.07, 6.45) is 4.60. The SMILES string of the molecule is CCOc1cc(NCC2(CS(C)(=O)=O)CC2)ncn1. The standard InChI is InChI=1S/C12H19N3O3S/c1-3-18-11-6-10(14-9-15-11)13-7-12(4-5-12)8-19(2,16)17/h6,9H,3-5,7-8H2,1-2H3,(H,13,14,15). The molecule has 2 rings (SSSR count). The van der Waals surface area contributed by atoms with Crippen LogP contribution in [0.15, 0.2) is 12.4 Å². The van der Waals surface area contributed by atoms with Gasteiger partial charge in [-0.1, -0.05) is 0 Å². The van der Waals surface area contributed by atoms with E-state index in [0.717, 1.165) is 12.8 Å². The molecule has 7 heteroatoms. The van der Waals surface area contributed by atoms with E-state index in [1.54, 1.807) is 6.07 Å². The molecule has 1 saturated carbocycles. The van der Waals surface area contributed by atoms with Gasteiger partial charge in [-0.2, -0.15) is 0 Å². The summed E-state index contributed by atoms with van der Waals surface area (Å²) in [6, 6.07) is 1.72. The van der Waals surface area contributed by atoms with E-state index in [-0.39, 0.29) is 11.2 Å². The van der Waals surface area contributed by atoms with E-state index in [0.29, 0.717) is 24.8 Å². The highest BCUT2D eigenvalue weighted by atomic mass is 32.2. The lowest BCUT2D eigenvalue weighted by Gasteiger charge is -2.15. The van der Waals surface area contributed by atoms with Crippen LogP contribution >= 0.6 is 0 Å². The van der Waals surface area contributed by atoms with Crippen LogP contribution in [-0.4, -0.2) is 43.5 Å². The smallest absolute Gasteiger partial charge is 0.218 e. The van der Waals surface area contributed by atoms with Crippen molar-refractivity contribution in [2.75, 3.05) is 30.5 Å². The second kappa shape index (κ2) is 5.32. The molecule has 1 heterocycles. The molecule has 6 nitrogen and oxygen atoms in total. The lowest BCUT2D eigenvalue weighted by molar-refractivity contribution is 0.326. The fourth-order valence-corrected chi connectivity index (χ4v) is 3.55. The van der Waals surface area contributed by atoms with Crippen LogP contribution in [0.1, 0.15) is 19.8 Å². The van der Waals surface area contributed by atoms with Gasteiger partial charge in [-0.3, -0.25) is 0 Å². The van der Waals surface area contributed by atoms with Crippen molar-refractivity contribution in [1.82, 2.24) is 9.97 Å². The van der Waals surface area contributed by atoms with Crippen LogP contribution in [0.5, 0.6) is 5.88 Å². The Morgan fingerprint density at radius 3 is 2.74 bits per heavy atom. The van der Waals surface area contributed by atoms with Crippen molar-refractivity contribution in [1.29, 1.82) is 0 Å². The number of nitrogens with zero attached hydrogens (tertiary/aromatic N) is 2. The number of ether oxygens (including phenoxy) is 1. The minimum absolute atomic E-state index is 0.121. The van der Waals surface area contributed by atoms with Crippen LogP contribution in [-0.2, 0) is 9.84 Å². The van der Waals surface area contributed by atoms with Crippen molar-refractivity contribution >= 4 is 15.7 Å². The monoisotopic (exact) mass is 285 g/mol. The zero-order valence-electron chi connectivity index (χ0n) is 11.2. The van der Waals surface area contributed by atoms with Crippen LogP contribution in [0.2, 0.25) is 0 Å². The van der Waals surface area contributed by atoms with E-state index in [9.17, 15) is 8.42 Å². The molecule has 0 aromatic carbocycles. The molecule has 1 aliphatic carbocycles. The summed E-state index contributed by atoms with van der Waals surface area (Å²) in [5.74, 6) is 1.42. The fraction of sp³-hybridized carbons (Fsp3) is 0.667. The first-order valence-corrected chi connectivity index (χ1v) is 8.35. The Kier molecular flexibility index (Phi) is 3.93. The molecular formula is C12H19N3O3S. The third-order valence-electron chi connectivity index (χ3n) is 3.10. The zero-order chi connectivity index (χ0) is 13.9. The highest BCUT2D eigenvalue weighted by Gasteiger charge is 2.45. The summed E-state index contributed by atoms with van der Waals surface area (Å²) in [5, 5.41) is 3.17. The summed E-state index contributed by atoms with van der Waals surface area (Å²) in [4.78, 5) is 8.08. The predicted molar refractivity (Wildman–Crippen MR) is 73.1 cm³/mol. The number of anilines is 1. The largest absolute Gasteiger partial charge is 0.478 e. The van der Waals surface area contributed by atoms with Crippen molar-refractivity contribution in [2.24, 2.45) is 5.41 Å². The number of nitrogens with one attached hydrogen (secondary N) is 1. The molecule has 0 bridgehead atoms. The molecule has 19 heavy (non-hydrogen) atoms. The molecule has 0 saturated heterocycles. The number of rotatable bonds is 7. The average Bonchev–Trinajstić information content (AvgIpc) is 3.05. The lowest BCUT2D eigenvalue weighted by atomic mass is 10.1. The summed E-state index contributed by atoms with van der Waals surface area (Å²) in [6.45, 7) is 3.05. The lowest BCUT2D eigenvalue weighted by Crippen LogP contribution is -2.24. The second-order valence-electron chi connectivity index (χ2n) is 5.10. The minimum Gasteiger partial charge on any atom is -0.478 e. The van der Waals surface area contributed by atoms with E-state index < -0.39 is 9.84 Å². The summed E-state index contributed by atoms with van der Waals surface area (Å²) >= 11 is 0. The number of sulfone groups is 1. The Morgan fingerprint density at radius 1 is 1.42 bits per heavy atom. The van der Waals surface area contributed by atoms with Crippen LogP contribution in [0, 0.1) is 5.41 Å². The number of aromatic nitrogens is 2. The topological polar surface area (TPSA) is 81.2 Å². The zero-order valence-corrected chi connectivity index (χ0v) is 12.0. The van der Waals surface area contributed by atoms with Crippen LogP contribution in [0.25, 0.3) is 0 Å². The van der Waals surface area contributed by atoms with Gasteiger partial charge in [-0.15, -0.1) is 0 Å². The second-order valence-corrected chi connectivity index (χ2v) is 7.24. The molecular weight excluding hydrogens is 266 g/mol. The van der Waals surface area contributed by atoms with Gasteiger partial charge in [0.05, 0.1) is 12.4 Å². The Balaban J connectivity index is 1.94. The Bertz CT molecular complexity index is 541. The van der Waals surface area contributed by atoms with Crippen molar-refractivity contribution in [3.63, 3.8) is 0 Å². The number of hydrogen-bond donors (Lipinski definition) is 1. The minimum atomic E-state index is -2.94. The van der Waals surface area contributed by atoms with Gasteiger partial charge in [-0.05, 0) is 19.8 Å². The molecule has 0 radical (unpaired) electrons. The van der Waals surface area contributed by atoms with Gasteiger partial charge in [0.1, 0.15) is 22.0 Å². The molecule has 0 aliphatic heterocycles. The molecule has 0 unspecified atom stereocenters. The normalized spacial score (nSPS) is 16.9. The highest BCUT2D eigenvalue weighted by Crippen LogP contribution is 2.46. The Morgan fingerprint density at radius 2 is 2.16 bits per heavy atom. The molecule has 1 N–H and O–H groups in total. The van der Waals surface area contributed by atoms with Gasteiger partial charge in [0.25, 0.3) is 0 Å². The van der Waals surface area contributed by atoms with Gasteiger partial charge in [-0.25, -0.2) is 18.4 Å². The van der Waals surface area contributed by atoms with E-state index in [2.05, 4.69) is 15.3 Å². The predicted octanol–water partition coefficient (Wildman–Crippen LogP) is 1.11. The maximum atomic E-state index is 11.4. The maximum Gasteiger partial charge on any atom is 0.218 e.